The molecule has 0 heterocycles. The minimum Gasteiger partial charge on any atom is -0.462 e. The predicted octanol–water partition coefficient (Wildman–Crippen LogP) is 23.1. The summed E-state index contributed by atoms with van der Waals surface area (Å²) in [6.07, 6.45) is 83.8. The first-order valence-corrected chi connectivity index (χ1v) is 33.8. The molecule has 0 rings (SSSR count). The molecule has 0 radical (unpaired) electrons. The van der Waals surface area contributed by atoms with Crippen LogP contribution in [0.5, 0.6) is 0 Å². The third-order valence-corrected chi connectivity index (χ3v) is 15.0. The van der Waals surface area contributed by atoms with Crippen LogP contribution in [0.25, 0.3) is 0 Å². The Morgan fingerprint density at radius 3 is 0.753 bits per heavy atom. The fraction of sp³-hybridized carbons (Fsp3) is 0.817. The number of esters is 3. The summed E-state index contributed by atoms with van der Waals surface area (Å²) in [6, 6.07) is 0. The van der Waals surface area contributed by atoms with Gasteiger partial charge in [-0.05, 0) is 109 Å². The van der Waals surface area contributed by atoms with Crippen LogP contribution in [-0.2, 0) is 28.6 Å². The second kappa shape index (κ2) is 65.6. The number of carbonyl (C=O) groups is 3. The van der Waals surface area contributed by atoms with E-state index in [4.69, 9.17) is 14.2 Å². The zero-order chi connectivity index (χ0) is 55.7. The number of unbranched alkanes of at least 4 members (excludes halogenated alkanes) is 41. The Balaban J connectivity index is 4.22. The SMILES string of the molecule is CCCCC/C=C\C/C=C\CCCCCCCC(=O)OC(COC(=O)CCCCCCC/C=C\CCCCCCCC)COC(=O)CCCCCCCCCCCCCCCCCCC/C=C\C/C=C\CCCCCCC. The molecule has 0 aliphatic rings. The van der Waals surface area contributed by atoms with Crippen molar-refractivity contribution in [1.82, 2.24) is 0 Å². The highest BCUT2D eigenvalue weighted by Crippen LogP contribution is 2.17. The molecule has 1 atom stereocenters. The van der Waals surface area contributed by atoms with E-state index in [1.54, 1.807) is 0 Å². The topological polar surface area (TPSA) is 78.9 Å². The number of hydrogen-bond donors (Lipinski definition) is 0. The summed E-state index contributed by atoms with van der Waals surface area (Å²) in [5.41, 5.74) is 0. The average molecular weight is 1080 g/mol. The zero-order valence-corrected chi connectivity index (χ0v) is 51.5. The zero-order valence-electron chi connectivity index (χ0n) is 51.5. The van der Waals surface area contributed by atoms with Gasteiger partial charge in [-0.25, -0.2) is 0 Å². The maximum Gasteiger partial charge on any atom is 0.306 e. The molecule has 0 aliphatic carbocycles. The molecule has 0 bridgehead atoms. The minimum atomic E-state index is -0.784. The molecular formula is C71H128O6. The van der Waals surface area contributed by atoms with Gasteiger partial charge in [0.05, 0.1) is 0 Å². The number of hydrogen-bond acceptors (Lipinski definition) is 6. The van der Waals surface area contributed by atoms with Crippen LogP contribution in [0, 0.1) is 0 Å². The Hall–Kier alpha value is -2.89. The minimum absolute atomic E-state index is 0.0796. The lowest BCUT2D eigenvalue weighted by Gasteiger charge is -2.18. The van der Waals surface area contributed by atoms with E-state index in [0.717, 1.165) is 96.3 Å². The van der Waals surface area contributed by atoms with Crippen LogP contribution in [0.15, 0.2) is 60.8 Å². The maximum absolute atomic E-state index is 12.9. The molecule has 0 spiro atoms. The van der Waals surface area contributed by atoms with E-state index in [1.807, 2.05) is 0 Å². The Labute approximate surface area is 479 Å². The molecule has 0 N–H and O–H groups in total. The van der Waals surface area contributed by atoms with Crippen molar-refractivity contribution in [3.63, 3.8) is 0 Å². The van der Waals surface area contributed by atoms with Gasteiger partial charge >= 0.3 is 17.9 Å². The van der Waals surface area contributed by atoms with Crippen molar-refractivity contribution in [2.75, 3.05) is 13.2 Å². The van der Waals surface area contributed by atoms with Crippen molar-refractivity contribution < 1.29 is 28.6 Å². The standard InChI is InChI=1S/C71H128O6/c1-4-7-10-13-16-19-22-25-28-29-30-31-32-33-34-35-36-37-38-39-40-41-44-46-49-52-55-58-61-64-70(73)76-67-68(77-71(74)65-62-59-56-53-50-47-43-27-24-21-18-15-12-9-6-3)66-75-69(72)63-60-57-54-51-48-45-42-26-23-20-17-14-11-8-5-2/h18,21-22,25-27,29-30,42-43,68H,4-17,19-20,23-24,28,31-41,44-67H2,1-3H3/b21-18-,25-22-,30-29-,42-26-,43-27-. The molecule has 0 saturated heterocycles. The van der Waals surface area contributed by atoms with Crippen molar-refractivity contribution in [3.8, 4) is 0 Å². The average Bonchev–Trinajstić information content (AvgIpc) is 3.43. The maximum atomic E-state index is 12.9. The van der Waals surface area contributed by atoms with Gasteiger partial charge in [-0.2, -0.15) is 0 Å². The quantitative estimate of drug-likeness (QED) is 0.0261. The van der Waals surface area contributed by atoms with Crippen molar-refractivity contribution in [2.45, 2.75) is 361 Å². The lowest BCUT2D eigenvalue weighted by molar-refractivity contribution is -0.167. The second-order valence-electron chi connectivity index (χ2n) is 22.7. The van der Waals surface area contributed by atoms with E-state index < -0.39 is 6.10 Å². The van der Waals surface area contributed by atoms with Gasteiger partial charge in [0.15, 0.2) is 6.10 Å². The first-order chi connectivity index (χ1) is 38.0. The highest BCUT2D eigenvalue weighted by molar-refractivity contribution is 5.71. The number of allylic oxidation sites excluding steroid dienone is 10. The Morgan fingerprint density at radius 1 is 0.260 bits per heavy atom. The second-order valence-corrected chi connectivity index (χ2v) is 22.7. The summed E-state index contributed by atoms with van der Waals surface area (Å²) in [5.74, 6) is -0.884. The third-order valence-electron chi connectivity index (χ3n) is 15.0. The summed E-state index contributed by atoms with van der Waals surface area (Å²) < 4.78 is 16.9. The van der Waals surface area contributed by atoms with Crippen LogP contribution in [0.3, 0.4) is 0 Å². The van der Waals surface area contributed by atoms with Crippen LogP contribution in [0.1, 0.15) is 355 Å². The van der Waals surface area contributed by atoms with E-state index in [1.165, 1.54) is 218 Å². The van der Waals surface area contributed by atoms with Gasteiger partial charge in [-0.3, -0.25) is 14.4 Å². The Morgan fingerprint density at radius 2 is 0.468 bits per heavy atom. The van der Waals surface area contributed by atoms with Crippen LogP contribution in [0.4, 0.5) is 0 Å². The normalized spacial score (nSPS) is 12.4. The van der Waals surface area contributed by atoms with Gasteiger partial charge < -0.3 is 14.2 Å². The number of carbonyl (C=O) groups excluding carboxylic acids is 3. The molecule has 0 aromatic carbocycles. The van der Waals surface area contributed by atoms with Crippen LogP contribution >= 0.6 is 0 Å². The third kappa shape index (κ3) is 63.8. The van der Waals surface area contributed by atoms with E-state index in [9.17, 15) is 14.4 Å². The van der Waals surface area contributed by atoms with Gasteiger partial charge in [0.1, 0.15) is 13.2 Å². The first kappa shape index (κ1) is 74.1. The molecule has 0 aromatic rings. The fourth-order valence-corrected chi connectivity index (χ4v) is 9.85. The van der Waals surface area contributed by atoms with Gasteiger partial charge in [0, 0.05) is 19.3 Å². The van der Waals surface area contributed by atoms with Gasteiger partial charge in [0.2, 0.25) is 0 Å². The molecule has 0 saturated carbocycles. The number of ether oxygens (including phenoxy) is 3. The van der Waals surface area contributed by atoms with Crippen LogP contribution < -0.4 is 0 Å². The molecule has 6 nitrogen and oxygen atoms in total. The van der Waals surface area contributed by atoms with Crippen LogP contribution in [0.2, 0.25) is 0 Å². The Kier molecular flexibility index (Phi) is 63.2. The smallest absolute Gasteiger partial charge is 0.306 e. The molecule has 6 heteroatoms. The molecule has 0 aliphatic heterocycles. The molecular weight excluding hydrogens is 949 g/mol. The van der Waals surface area contributed by atoms with E-state index in [-0.39, 0.29) is 31.1 Å². The molecule has 77 heavy (non-hydrogen) atoms. The summed E-state index contributed by atoms with van der Waals surface area (Å²) >= 11 is 0. The van der Waals surface area contributed by atoms with Gasteiger partial charge in [0.25, 0.3) is 0 Å². The summed E-state index contributed by atoms with van der Waals surface area (Å²) in [7, 11) is 0. The lowest BCUT2D eigenvalue weighted by atomic mass is 10.0. The fourth-order valence-electron chi connectivity index (χ4n) is 9.85. The predicted molar refractivity (Wildman–Crippen MR) is 335 cm³/mol. The molecule has 0 fully saturated rings. The first-order valence-electron chi connectivity index (χ1n) is 33.8. The molecule has 1 unspecified atom stereocenters. The van der Waals surface area contributed by atoms with Crippen molar-refractivity contribution in [1.29, 1.82) is 0 Å². The highest BCUT2D eigenvalue weighted by atomic mass is 16.6. The Bertz CT molecular complexity index is 1380. The monoisotopic (exact) mass is 1080 g/mol. The molecule has 0 aromatic heterocycles. The van der Waals surface area contributed by atoms with E-state index in [0.29, 0.717) is 19.3 Å². The van der Waals surface area contributed by atoms with Gasteiger partial charge in [-0.1, -0.05) is 287 Å². The molecule has 448 valence electrons. The summed E-state index contributed by atoms with van der Waals surface area (Å²) in [4.78, 5) is 38.3. The van der Waals surface area contributed by atoms with Gasteiger partial charge in [-0.15, -0.1) is 0 Å². The summed E-state index contributed by atoms with van der Waals surface area (Å²) in [5, 5.41) is 0. The van der Waals surface area contributed by atoms with E-state index >= 15 is 0 Å². The van der Waals surface area contributed by atoms with Crippen molar-refractivity contribution in [3.05, 3.63) is 60.8 Å². The largest absolute Gasteiger partial charge is 0.462 e. The highest BCUT2D eigenvalue weighted by Gasteiger charge is 2.19. The van der Waals surface area contributed by atoms with Crippen molar-refractivity contribution in [2.24, 2.45) is 0 Å². The lowest BCUT2D eigenvalue weighted by Crippen LogP contribution is -2.30. The van der Waals surface area contributed by atoms with E-state index in [2.05, 4.69) is 81.5 Å². The number of rotatable bonds is 62. The van der Waals surface area contributed by atoms with Crippen molar-refractivity contribution >= 4 is 17.9 Å². The van der Waals surface area contributed by atoms with Crippen LogP contribution in [-0.4, -0.2) is 37.2 Å². The molecule has 0 amide bonds. The summed E-state index contributed by atoms with van der Waals surface area (Å²) in [6.45, 7) is 6.62.